The highest BCUT2D eigenvalue weighted by atomic mass is 35.5. The zero-order valence-electron chi connectivity index (χ0n) is 10.1. The van der Waals surface area contributed by atoms with Crippen LogP contribution in [0.5, 0.6) is 0 Å². The predicted octanol–water partition coefficient (Wildman–Crippen LogP) is 2.00. The molecule has 0 saturated heterocycles. The molecule has 1 unspecified atom stereocenters. The van der Waals surface area contributed by atoms with Gasteiger partial charge in [0, 0.05) is 17.3 Å². The van der Waals surface area contributed by atoms with E-state index in [4.69, 9.17) is 11.6 Å². The number of aryl methyl sites for hydroxylation is 1. The molecule has 17 heavy (non-hydrogen) atoms. The van der Waals surface area contributed by atoms with E-state index >= 15 is 0 Å². The van der Waals surface area contributed by atoms with Gasteiger partial charge in [-0.2, -0.15) is 0 Å². The molecule has 1 aromatic rings. The lowest BCUT2D eigenvalue weighted by molar-refractivity contribution is 0.584. The lowest BCUT2D eigenvalue weighted by Crippen LogP contribution is -2.33. The number of halogens is 1. The molecule has 0 radical (unpaired) electrons. The quantitative estimate of drug-likeness (QED) is 0.865. The van der Waals surface area contributed by atoms with Crippen molar-refractivity contribution in [2.45, 2.75) is 19.1 Å². The number of sulfonamides is 1. The summed E-state index contributed by atoms with van der Waals surface area (Å²) in [5.74, 6) is 0. The van der Waals surface area contributed by atoms with Crippen molar-refractivity contribution in [2.24, 2.45) is 0 Å². The largest absolute Gasteiger partial charge is 0.318 e. The average Bonchev–Trinajstić information content (AvgIpc) is 2.23. The first-order valence-electron chi connectivity index (χ1n) is 5.29. The standard InChI is InChI=1S/C11H17ClN2O2S/c1-8-4-5-10(6-11(8)12)14-17(15,16)9(2)7-13-3/h4-6,9,13-14H,7H2,1-3H3. The highest BCUT2D eigenvalue weighted by molar-refractivity contribution is 7.93. The predicted molar refractivity (Wildman–Crippen MR) is 72.1 cm³/mol. The number of anilines is 1. The summed E-state index contributed by atoms with van der Waals surface area (Å²) in [5, 5.41) is 2.88. The first kappa shape index (κ1) is 14.3. The Morgan fingerprint density at radius 2 is 2.06 bits per heavy atom. The van der Waals surface area contributed by atoms with Crippen LogP contribution in [-0.2, 0) is 10.0 Å². The molecular weight excluding hydrogens is 260 g/mol. The fourth-order valence-electron chi connectivity index (χ4n) is 1.32. The summed E-state index contributed by atoms with van der Waals surface area (Å²) in [5.41, 5.74) is 1.40. The van der Waals surface area contributed by atoms with Crippen molar-refractivity contribution >= 4 is 27.3 Å². The van der Waals surface area contributed by atoms with Crippen molar-refractivity contribution < 1.29 is 8.42 Å². The van der Waals surface area contributed by atoms with Crippen LogP contribution in [0.2, 0.25) is 5.02 Å². The summed E-state index contributed by atoms with van der Waals surface area (Å²) in [4.78, 5) is 0. The number of nitrogens with one attached hydrogen (secondary N) is 2. The van der Waals surface area contributed by atoms with E-state index in [-0.39, 0.29) is 0 Å². The molecule has 0 spiro atoms. The summed E-state index contributed by atoms with van der Waals surface area (Å²) in [6.45, 7) is 3.91. The van der Waals surface area contributed by atoms with E-state index in [0.29, 0.717) is 17.3 Å². The van der Waals surface area contributed by atoms with E-state index in [1.165, 1.54) is 0 Å². The highest BCUT2D eigenvalue weighted by Crippen LogP contribution is 2.21. The second kappa shape index (κ2) is 5.71. The molecule has 6 heteroatoms. The lowest BCUT2D eigenvalue weighted by Gasteiger charge is -2.14. The van der Waals surface area contributed by atoms with Gasteiger partial charge >= 0.3 is 0 Å². The first-order chi connectivity index (χ1) is 7.86. The minimum atomic E-state index is -3.38. The van der Waals surface area contributed by atoms with Crippen LogP contribution in [0.4, 0.5) is 5.69 Å². The van der Waals surface area contributed by atoms with Gasteiger partial charge in [-0.05, 0) is 38.6 Å². The molecule has 1 rings (SSSR count). The Morgan fingerprint density at radius 3 is 2.59 bits per heavy atom. The maximum absolute atomic E-state index is 11.9. The molecule has 96 valence electrons. The van der Waals surface area contributed by atoms with E-state index in [2.05, 4.69) is 10.0 Å². The third-order valence-electron chi connectivity index (χ3n) is 2.45. The van der Waals surface area contributed by atoms with Gasteiger partial charge in [-0.1, -0.05) is 17.7 Å². The number of benzene rings is 1. The topological polar surface area (TPSA) is 58.2 Å². The van der Waals surface area contributed by atoms with Gasteiger partial charge in [-0.3, -0.25) is 4.72 Å². The van der Waals surface area contributed by atoms with Crippen LogP contribution in [0.25, 0.3) is 0 Å². The fraction of sp³-hybridized carbons (Fsp3) is 0.455. The molecule has 1 aromatic carbocycles. The molecule has 0 amide bonds. The monoisotopic (exact) mass is 276 g/mol. The highest BCUT2D eigenvalue weighted by Gasteiger charge is 2.19. The van der Waals surface area contributed by atoms with Gasteiger partial charge in [0.05, 0.1) is 5.25 Å². The molecule has 0 saturated carbocycles. The van der Waals surface area contributed by atoms with Gasteiger partial charge in [0.15, 0.2) is 0 Å². The SMILES string of the molecule is CNCC(C)S(=O)(=O)Nc1ccc(C)c(Cl)c1. The van der Waals surface area contributed by atoms with Crippen LogP contribution in [0.1, 0.15) is 12.5 Å². The number of hydrogen-bond acceptors (Lipinski definition) is 3. The van der Waals surface area contributed by atoms with Gasteiger partial charge in [0.1, 0.15) is 0 Å². The summed E-state index contributed by atoms with van der Waals surface area (Å²) in [6.07, 6.45) is 0. The maximum Gasteiger partial charge on any atom is 0.236 e. The van der Waals surface area contributed by atoms with Gasteiger partial charge in [-0.15, -0.1) is 0 Å². The molecule has 0 fully saturated rings. The Balaban J connectivity index is 2.86. The van der Waals surface area contributed by atoms with Crippen molar-refractivity contribution in [1.29, 1.82) is 0 Å². The van der Waals surface area contributed by atoms with E-state index < -0.39 is 15.3 Å². The normalized spacial score (nSPS) is 13.4. The van der Waals surface area contributed by atoms with Gasteiger partial charge < -0.3 is 5.32 Å². The molecule has 0 aliphatic carbocycles. The van der Waals surface area contributed by atoms with Gasteiger partial charge in [0.25, 0.3) is 0 Å². The average molecular weight is 277 g/mol. The van der Waals surface area contributed by atoms with Crippen LogP contribution in [-0.4, -0.2) is 27.3 Å². The third-order valence-corrected chi connectivity index (χ3v) is 4.61. The van der Waals surface area contributed by atoms with Crippen molar-refractivity contribution in [2.75, 3.05) is 18.3 Å². The number of hydrogen-bond donors (Lipinski definition) is 2. The smallest absolute Gasteiger partial charge is 0.236 e. The third kappa shape index (κ3) is 3.87. The van der Waals surface area contributed by atoms with Crippen molar-refractivity contribution in [3.8, 4) is 0 Å². The summed E-state index contributed by atoms with van der Waals surface area (Å²) < 4.78 is 26.3. The van der Waals surface area contributed by atoms with Crippen molar-refractivity contribution in [3.05, 3.63) is 28.8 Å². The van der Waals surface area contributed by atoms with Crippen LogP contribution in [0.3, 0.4) is 0 Å². The summed E-state index contributed by atoms with van der Waals surface area (Å²) in [7, 11) is -1.66. The van der Waals surface area contributed by atoms with Crippen LogP contribution in [0.15, 0.2) is 18.2 Å². The van der Waals surface area contributed by atoms with Gasteiger partial charge in [-0.25, -0.2) is 8.42 Å². The first-order valence-corrected chi connectivity index (χ1v) is 7.21. The van der Waals surface area contributed by atoms with E-state index in [1.54, 1.807) is 32.2 Å². The minimum Gasteiger partial charge on any atom is -0.318 e. The van der Waals surface area contributed by atoms with E-state index in [1.807, 2.05) is 6.92 Å². The zero-order chi connectivity index (χ0) is 13.1. The van der Waals surface area contributed by atoms with E-state index in [0.717, 1.165) is 5.56 Å². The minimum absolute atomic E-state index is 0.398. The molecular formula is C11H17ClN2O2S. The van der Waals surface area contributed by atoms with Crippen molar-refractivity contribution in [3.63, 3.8) is 0 Å². The molecule has 0 aliphatic rings. The van der Waals surface area contributed by atoms with Crippen LogP contribution < -0.4 is 10.0 Å². The Hall–Kier alpha value is -0.780. The Bertz CT molecular complexity index is 488. The molecule has 0 aliphatic heterocycles. The second-order valence-electron chi connectivity index (χ2n) is 3.98. The van der Waals surface area contributed by atoms with Crippen LogP contribution >= 0.6 is 11.6 Å². The van der Waals surface area contributed by atoms with Crippen LogP contribution in [0, 0.1) is 6.92 Å². The molecule has 0 bridgehead atoms. The molecule has 4 nitrogen and oxygen atoms in total. The van der Waals surface area contributed by atoms with Gasteiger partial charge in [0.2, 0.25) is 10.0 Å². The fourth-order valence-corrected chi connectivity index (χ4v) is 2.54. The maximum atomic E-state index is 11.9. The Kier molecular flexibility index (Phi) is 4.80. The molecule has 1 atom stereocenters. The Morgan fingerprint density at radius 1 is 1.41 bits per heavy atom. The second-order valence-corrected chi connectivity index (χ2v) is 6.49. The van der Waals surface area contributed by atoms with Crippen molar-refractivity contribution in [1.82, 2.24) is 5.32 Å². The molecule has 2 N–H and O–H groups in total. The summed E-state index contributed by atoms with van der Waals surface area (Å²) in [6, 6.07) is 5.09. The molecule has 0 heterocycles. The van der Waals surface area contributed by atoms with E-state index in [9.17, 15) is 8.42 Å². The Labute approximate surface area is 107 Å². The lowest BCUT2D eigenvalue weighted by atomic mass is 10.2. The molecule has 0 aromatic heterocycles. The zero-order valence-corrected chi connectivity index (χ0v) is 11.7. The number of rotatable bonds is 5. The summed E-state index contributed by atoms with van der Waals surface area (Å²) >= 11 is 5.94.